The van der Waals surface area contributed by atoms with Gasteiger partial charge in [0.15, 0.2) is 5.75 Å². The lowest BCUT2D eigenvalue weighted by Gasteiger charge is -1.96. The van der Waals surface area contributed by atoms with Crippen molar-refractivity contribution in [2.45, 2.75) is 13.8 Å². The molecule has 1 aromatic heterocycles. The summed E-state index contributed by atoms with van der Waals surface area (Å²) in [5, 5.41) is 8.67. The Labute approximate surface area is 70.0 Å². The second-order valence-electron chi connectivity index (χ2n) is 2.26. The fourth-order valence-corrected chi connectivity index (χ4v) is 1.85. The number of nitriles is 1. The standard InChI is InChI=1S/C8H9NOS/c1-5-6(2)11-7(4-9)8(5)10-3/h1-3H3. The van der Waals surface area contributed by atoms with Gasteiger partial charge in [0.1, 0.15) is 10.9 Å². The number of nitrogens with zero attached hydrogens (tertiary/aromatic N) is 1. The molecular formula is C8H9NOS. The smallest absolute Gasteiger partial charge is 0.150 e. The molecule has 1 rings (SSSR count). The van der Waals surface area contributed by atoms with Crippen LogP contribution in [0.15, 0.2) is 0 Å². The monoisotopic (exact) mass is 167 g/mol. The molecule has 0 atom stereocenters. The summed E-state index contributed by atoms with van der Waals surface area (Å²) in [5.74, 6) is 0.731. The highest BCUT2D eigenvalue weighted by Gasteiger charge is 2.11. The van der Waals surface area contributed by atoms with Gasteiger partial charge in [-0.15, -0.1) is 11.3 Å². The number of rotatable bonds is 1. The van der Waals surface area contributed by atoms with E-state index in [2.05, 4.69) is 6.07 Å². The molecule has 0 fully saturated rings. The van der Waals surface area contributed by atoms with E-state index in [9.17, 15) is 0 Å². The topological polar surface area (TPSA) is 33.0 Å². The Morgan fingerprint density at radius 2 is 2.09 bits per heavy atom. The maximum Gasteiger partial charge on any atom is 0.150 e. The molecule has 1 heterocycles. The molecule has 0 unspecified atom stereocenters. The molecule has 11 heavy (non-hydrogen) atoms. The largest absolute Gasteiger partial charge is 0.494 e. The van der Waals surface area contributed by atoms with E-state index in [-0.39, 0.29) is 0 Å². The molecule has 0 N–H and O–H groups in total. The summed E-state index contributed by atoms with van der Waals surface area (Å²) in [5.41, 5.74) is 1.08. The predicted octanol–water partition coefficient (Wildman–Crippen LogP) is 2.25. The Balaban J connectivity index is 3.29. The summed E-state index contributed by atoms with van der Waals surface area (Å²) in [6.45, 7) is 3.95. The lowest BCUT2D eigenvalue weighted by atomic mass is 10.2. The molecule has 0 spiro atoms. The van der Waals surface area contributed by atoms with E-state index in [0.29, 0.717) is 4.88 Å². The van der Waals surface area contributed by atoms with Gasteiger partial charge in [-0.2, -0.15) is 5.26 Å². The minimum atomic E-state index is 0.669. The van der Waals surface area contributed by atoms with Gasteiger partial charge >= 0.3 is 0 Å². The molecule has 0 bridgehead atoms. The summed E-state index contributed by atoms with van der Waals surface area (Å²) >= 11 is 1.48. The first-order chi connectivity index (χ1) is 5.20. The van der Waals surface area contributed by atoms with Crippen molar-refractivity contribution < 1.29 is 4.74 Å². The van der Waals surface area contributed by atoms with Crippen LogP contribution in [0.3, 0.4) is 0 Å². The van der Waals surface area contributed by atoms with Gasteiger partial charge in [-0.3, -0.25) is 0 Å². The maximum absolute atomic E-state index is 8.67. The zero-order valence-corrected chi connectivity index (χ0v) is 7.58. The number of methoxy groups -OCH3 is 1. The van der Waals surface area contributed by atoms with Gasteiger partial charge in [-0.25, -0.2) is 0 Å². The number of thiophene rings is 1. The minimum absolute atomic E-state index is 0.669. The fraction of sp³-hybridized carbons (Fsp3) is 0.375. The van der Waals surface area contributed by atoms with E-state index in [1.165, 1.54) is 11.3 Å². The molecule has 0 radical (unpaired) electrons. The van der Waals surface area contributed by atoms with Gasteiger partial charge in [0.2, 0.25) is 0 Å². The summed E-state index contributed by atoms with van der Waals surface area (Å²) in [7, 11) is 1.59. The summed E-state index contributed by atoms with van der Waals surface area (Å²) < 4.78 is 5.08. The molecule has 1 aromatic rings. The second-order valence-corrected chi connectivity index (χ2v) is 3.48. The molecule has 3 heteroatoms. The van der Waals surface area contributed by atoms with Crippen LogP contribution in [-0.2, 0) is 0 Å². The van der Waals surface area contributed by atoms with E-state index in [1.807, 2.05) is 13.8 Å². The zero-order chi connectivity index (χ0) is 8.43. The van der Waals surface area contributed by atoms with Crippen molar-refractivity contribution in [3.05, 3.63) is 15.3 Å². The van der Waals surface area contributed by atoms with Crippen molar-refractivity contribution in [1.82, 2.24) is 0 Å². The third-order valence-corrected chi connectivity index (χ3v) is 2.73. The van der Waals surface area contributed by atoms with Gasteiger partial charge in [0, 0.05) is 10.4 Å². The molecule has 0 aliphatic carbocycles. The fourth-order valence-electron chi connectivity index (χ4n) is 0.926. The summed E-state index contributed by atoms with van der Waals surface area (Å²) in [6, 6.07) is 2.10. The Hall–Kier alpha value is -1.01. The molecule has 58 valence electrons. The van der Waals surface area contributed by atoms with Crippen molar-refractivity contribution in [1.29, 1.82) is 5.26 Å². The average Bonchev–Trinajstić information content (AvgIpc) is 2.28. The quantitative estimate of drug-likeness (QED) is 0.642. The first-order valence-corrected chi connectivity index (χ1v) is 4.06. The molecule has 0 aliphatic rings. The van der Waals surface area contributed by atoms with Crippen LogP contribution in [0.1, 0.15) is 15.3 Å². The van der Waals surface area contributed by atoms with Crippen molar-refractivity contribution in [3.8, 4) is 11.8 Å². The molecule has 2 nitrogen and oxygen atoms in total. The van der Waals surface area contributed by atoms with E-state index in [4.69, 9.17) is 10.00 Å². The van der Waals surface area contributed by atoms with Crippen molar-refractivity contribution in [3.63, 3.8) is 0 Å². The first-order valence-electron chi connectivity index (χ1n) is 3.24. The van der Waals surface area contributed by atoms with Gasteiger partial charge in [0.05, 0.1) is 7.11 Å². The molecule has 0 saturated heterocycles. The third kappa shape index (κ3) is 1.22. The molecule has 0 aromatic carbocycles. The van der Waals surface area contributed by atoms with Crippen molar-refractivity contribution in [2.24, 2.45) is 0 Å². The van der Waals surface area contributed by atoms with Crippen LogP contribution in [0, 0.1) is 25.2 Å². The van der Waals surface area contributed by atoms with Crippen LogP contribution < -0.4 is 4.74 Å². The Bertz CT molecular complexity index is 309. The van der Waals surface area contributed by atoms with Crippen LogP contribution in [0.4, 0.5) is 0 Å². The van der Waals surface area contributed by atoms with Crippen LogP contribution in [-0.4, -0.2) is 7.11 Å². The highest BCUT2D eigenvalue weighted by molar-refractivity contribution is 7.13. The Morgan fingerprint density at radius 1 is 1.45 bits per heavy atom. The number of aryl methyl sites for hydroxylation is 1. The number of ether oxygens (including phenoxy) is 1. The summed E-state index contributed by atoms with van der Waals surface area (Å²) in [4.78, 5) is 1.82. The molecule has 0 saturated carbocycles. The molecular weight excluding hydrogens is 158 g/mol. The first kappa shape index (κ1) is 8.09. The van der Waals surface area contributed by atoms with Crippen LogP contribution in [0.25, 0.3) is 0 Å². The Morgan fingerprint density at radius 3 is 2.45 bits per heavy atom. The van der Waals surface area contributed by atoms with Crippen molar-refractivity contribution >= 4 is 11.3 Å². The zero-order valence-electron chi connectivity index (χ0n) is 6.76. The lowest BCUT2D eigenvalue weighted by molar-refractivity contribution is 0.412. The van der Waals surface area contributed by atoms with Crippen LogP contribution in [0.5, 0.6) is 5.75 Å². The van der Waals surface area contributed by atoms with Crippen LogP contribution >= 0.6 is 11.3 Å². The maximum atomic E-state index is 8.67. The van der Waals surface area contributed by atoms with Gasteiger partial charge in [-0.1, -0.05) is 0 Å². The molecule has 0 aliphatic heterocycles. The SMILES string of the molecule is COc1c(C#N)sc(C)c1C. The molecule has 0 amide bonds. The van der Waals surface area contributed by atoms with E-state index < -0.39 is 0 Å². The highest BCUT2D eigenvalue weighted by atomic mass is 32.1. The van der Waals surface area contributed by atoms with E-state index in [1.54, 1.807) is 7.11 Å². The predicted molar refractivity (Wildman–Crippen MR) is 45.1 cm³/mol. The van der Waals surface area contributed by atoms with E-state index >= 15 is 0 Å². The van der Waals surface area contributed by atoms with Gasteiger partial charge < -0.3 is 4.74 Å². The second kappa shape index (κ2) is 2.93. The third-order valence-electron chi connectivity index (χ3n) is 1.64. The normalized spacial score (nSPS) is 9.27. The van der Waals surface area contributed by atoms with Gasteiger partial charge in [0.25, 0.3) is 0 Å². The number of hydrogen-bond donors (Lipinski definition) is 0. The Kier molecular flexibility index (Phi) is 2.16. The van der Waals surface area contributed by atoms with Gasteiger partial charge in [-0.05, 0) is 13.8 Å². The lowest BCUT2D eigenvalue weighted by Crippen LogP contribution is -1.84. The summed E-state index contributed by atoms with van der Waals surface area (Å²) in [6.07, 6.45) is 0. The van der Waals surface area contributed by atoms with Crippen molar-refractivity contribution in [2.75, 3.05) is 7.11 Å². The van der Waals surface area contributed by atoms with E-state index in [0.717, 1.165) is 16.2 Å². The van der Waals surface area contributed by atoms with Crippen LogP contribution in [0.2, 0.25) is 0 Å². The highest BCUT2D eigenvalue weighted by Crippen LogP contribution is 2.32. The average molecular weight is 167 g/mol. The number of hydrogen-bond acceptors (Lipinski definition) is 3. The minimum Gasteiger partial charge on any atom is -0.494 e.